The number of fused-ring (bicyclic) bond motifs is 1. The summed E-state index contributed by atoms with van der Waals surface area (Å²) in [5.41, 5.74) is 3.64. The quantitative estimate of drug-likeness (QED) is 0.780. The number of carbonyl (C=O) groups is 1. The minimum absolute atomic E-state index is 0.224. The molecule has 1 fully saturated rings. The number of ether oxygens (including phenoxy) is 2. The van der Waals surface area contributed by atoms with Gasteiger partial charge >= 0.3 is 0 Å². The van der Waals surface area contributed by atoms with Crippen LogP contribution in [-0.4, -0.2) is 50.3 Å². The van der Waals surface area contributed by atoms with Gasteiger partial charge in [-0.15, -0.1) is 0 Å². The Morgan fingerprint density at radius 3 is 2.68 bits per heavy atom. The molecule has 2 heterocycles. The number of piperazine rings is 1. The summed E-state index contributed by atoms with van der Waals surface area (Å²) >= 11 is 0. The number of nitrogens with one attached hydrogen (secondary N) is 1. The maximum Gasteiger partial charge on any atom is 0.231 e. The van der Waals surface area contributed by atoms with E-state index in [2.05, 4.69) is 41.4 Å². The summed E-state index contributed by atoms with van der Waals surface area (Å²) in [6, 6.07) is 14.5. The van der Waals surface area contributed by atoms with Crippen molar-refractivity contribution in [3.63, 3.8) is 0 Å². The van der Waals surface area contributed by atoms with Gasteiger partial charge in [0.25, 0.3) is 0 Å². The van der Waals surface area contributed by atoms with E-state index in [9.17, 15) is 4.79 Å². The van der Waals surface area contributed by atoms with Gasteiger partial charge in [0, 0.05) is 51.4 Å². The van der Waals surface area contributed by atoms with Gasteiger partial charge in [0.05, 0.1) is 0 Å². The minimum atomic E-state index is 0.224. The first-order chi connectivity index (χ1) is 13.7. The molecule has 0 radical (unpaired) electrons. The monoisotopic (exact) mass is 381 g/mol. The number of nitrogens with zero attached hydrogens (tertiary/aromatic N) is 2. The molecule has 1 N–H and O–H groups in total. The first-order valence-corrected chi connectivity index (χ1v) is 9.88. The summed E-state index contributed by atoms with van der Waals surface area (Å²) in [7, 11) is 0. The number of amides is 1. The Balaban J connectivity index is 1.18. The van der Waals surface area contributed by atoms with Crippen molar-refractivity contribution in [3.05, 3.63) is 53.6 Å². The first-order valence-electron chi connectivity index (χ1n) is 9.88. The summed E-state index contributed by atoms with van der Waals surface area (Å²) in [6.07, 6.45) is 0.523. The van der Waals surface area contributed by atoms with Crippen LogP contribution in [0.4, 0.5) is 5.69 Å². The molecule has 0 saturated carbocycles. The largest absolute Gasteiger partial charge is 0.454 e. The van der Waals surface area contributed by atoms with Crippen LogP contribution in [-0.2, 0) is 11.3 Å². The molecule has 0 aliphatic carbocycles. The van der Waals surface area contributed by atoms with Gasteiger partial charge < -0.3 is 24.6 Å². The van der Waals surface area contributed by atoms with Crippen LogP contribution in [0.1, 0.15) is 17.5 Å². The van der Waals surface area contributed by atoms with E-state index >= 15 is 0 Å². The zero-order valence-corrected chi connectivity index (χ0v) is 16.3. The molecular formula is C22H27N3O3. The van der Waals surface area contributed by atoms with Crippen LogP contribution < -0.4 is 19.7 Å². The average molecular weight is 381 g/mol. The fraction of sp³-hybridized carbons (Fsp3) is 0.409. The van der Waals surface area contributed by atoms with Gasteiger partial charge in [0.2, 0.25) is 12.7 Å². The summed E-state index contributed by atoms with van der Waals surface area (Å²) in [6.45, 7) is 7.14. The third-order valence-corrected chi connectivity index (χ3v) is 5.28. The lowest BCUT2D eigenvalue weighted by Gasteiger charge is -2.36. The van der Waals surface area contributed by atoms with Crippen molar-refractivity contribution in [3.8, 4) is 11.5 Å². The predicted octanol–water partition coefficient (Wildman–Crippen LogP) is 2.55. The van der Waals surface area contributed by atoms with E-state index in [4.69, 9.17) is 9.47 Å². The third-order valence-electron chi connectivity index (χ3n) is 5.28. The van der Waals surface area contributed by atoms with Crippen molar-refractivity contribution in [1.29, 1.82) is 0 Å². The molecule has 0 unspecified atom stereocenters. The lowest BCUT2D eigenvalue weighted by Crippen LogP contribution is -2.49. The molecule has 2 aromatic rings. The zero-order valence-electron chi connectivity index (χ0n) is 16.3. The molecule has 6 heteroatoms. The van der Waals surface area contributed by atoms with Gasteiger partial charge in [-0.3, -0.25) is 4.79 Å². The van der Waals surface area contributed by atoms with Crippen LogP contribution in [0.25, 0.3) is 0 Å². The Bertz CT molecular complexity index is 832. The second kappa shape index (κ2) is 8.52. The highest BCUT2D eigenvalue weighted by molar-refractivity contribution is 5.76. The van der Waals surface area contributed by atoms with Crippen molar-refractivity contribution in [2.75, 3.05) is 44.4 Å². The lowest BCUT2D eigenvalue weighted by molar-refractivity contribution is -0.131. The Kier molecular flexibility index (Phi) is 5.67. The predicted molar refractivity (Wildman–Crippen MR) is 109 cm³/mol. The Hall–Kier alpha value is -2.73. The number of aryl methyl sites for hydroxylation is 1. The Morgan fingerprint density at radius 2 is 1.86 bits per heavy atom. The number of rotatable bonds is 6. The number of carbonyl (C=O) groups excluding carboxylic acids is 1. The van der Waals surface area contributed by atoms with Gasteiger partial charge in [-0.2, -0.15) is 0 Å². The summed E-state index contributed by atoms with van der Waals surface area (Å²) < 4.78 is 10.7. The second-order valence-electron chi connectivity index (χ2n) is 7.32. The highest BCUT2D eigenvalue weighted by Gasteiger charge is 2.21. The highest BCUT2D eigenvalue weighted by atomic mass is 16.7. The van der Waals surface area contributed by atoms with Crippen LogP contribution in [0.2, 0.25) is 0 Å². The van der Waals surface area contributed by atoms with Crippen molar-refractivity contribution < 1.29 is 14.3 Å². The van der Waals surface area contributed by atoms with E-state index < -0.39 is 0 Å². The van der Waals surface area contributed by atoms with Crippen LogP contribution in [0.3, 0.4) is 0 Å². The normalized spacial score (nSPS) is 15.8. The molecule has 148 valence electrons. The summed E-state index contributed by atoms with van der Waals surface area (Å²) in [5.74, 6) is 1.81. The van der Waals surface area contributed by atoms with Crippen LogP contribution >= 0.6 is 0 Å². The number of hydrogen-bond donors (Lipinski definition) is 1. The molecule has 2 aliphatic heterocycles. The SMILES string of the molecule is Cc1cccc(N2CCN(C(=O)CCNCc3ccc4c(c3)OCO4)CC2)c1. The molecule has 0 spiro atoms. The standard InChI is InChI=1S/C22H27N3O3/c1-17-3-2-4-19(13-17)24-9-11-25(12-10-24)22(26)7-8-23-15-18-5-6-20-21(14-18)28-16-27-20/h2-6,13-14,23H,7-12,15-16H2,1H3. The molecule has 0 aromatic heterocycles. The van der Waals surface area contributed by atoms with Gasteiger partial charge in [-0.05, 0) is 42.3 Å². The van der Waals surface area contributed by atoms with Crippen LogP contribution in [0.5, 0.6) is 11.5 Å². The molecule has 0 atom stereocenters. The van der Waals surface area contributed by atoms with E-state index in [1.165, 1.54) is 11.3 Å². The number of hydrogen-bond acceptors (Lipinski definition) is 5. The summed E-state index contributed by atoms with van der Waals surface area (Å²) in [4.78, 5) is 16.8. The molecule has 6 nitrogen and oxygen atoms in total. The van der Waals surface area contributed by atoms with Crippen molar-refractivity contribution in [1.82, 2.24) is 10.2 Å². The highest BCUT2D eigenvalue weighted by Crippen LogP contribution is 2.32. The van der Waals surface area contributed by atoms with E-state index in [0.717, 1.165) is 43.2 Å². The van der Waals surface area contributed by atoms with E-state index in [-0.39, 0.29) is 12.7 Å². The molecule has 28 heavy (non-hydrogen) atoms. The molecule has 2 aliphatic rings. The number of benzene rings is 2. The van der Waals surface area contributed by atoms with Gasteiger partial charge in [0.15, 0.2) is 11.5 Å². The Morgan fingerprint density at radius 1 is 1.04 bits per heavy atom. The maximum atomic E-state index is 12.5. The molecule has 0 bridgehead atoms. The second-order valence-corrected chi connectivity index (χ2v) is 7.32. The van der Waals surface area contributed by atoms with E-state index in [1.807, 2.05) is 23.1 Å². The smallest absolute Gasteiger partial charge is 0.231 e. The van der Waals surface area contributed by atoms with Crippen LogP contribution in [0, 0.1) is 6.92 Å². The number of anilines is 1. The van der Waals surface area contributed by atoms with Crippen molar-refractivity contribution in [2.24, 2.45) is 0 Å². The minimum Gasteiger partial charge on any atom is -0.454 e. The van der Waals surface area contributed by atoms with Gasteiger partial charge in [-0.25, -0.2) is 0 Å². The molecule has 1 saturated heterocycles. The lowest BCUT2D eigenvalue weighted by atomic mass is 10.2. The van der Waals surface area contributed by atoms with Crippen molar-refractivity contribution in [2.45, 2.75) is 19.9 Å². The van der Waals surface area contributed by atoms with Crippen molar-refractivity contribution >= 4 is 11.6 Å². The van der Waals surface area contributed by atoms with Gasteiger partial charge in [0.1, 0.15) is 0 Å². The van der Waals surface area contributed by atoms with E-state index in [1.54, 1.807) is 0 Å². The third kappa shape index (κ3) is 4.39. The fourth-order valence-electron chi connectivity index (χ4n) is 3.68. The molecule has 4 rings (SSSR count). The molecule has 2 aromatic carbocycles. The zero-order chi connectivity index (χ0) is 19.3. The first kappa shape index (κ1) is 18.6. The molecule has 1 amide bonds. The Labute approximate surface area is 166 Å². The topological polar surface area (TPSA) is 54.0 Å². The molecular weight excluding hydrogens is 354 g/mol. The van der Waals surface area contributed by atoms with Gasteiger partial charge in [-0.1, -0.05) is 18.2 Å². The summed E-state index contributed by atoms with van der Waals surface area (Å²) in [5, 5.41) is 3.35. The average Bonchev–Trinajstić information content (AvgIpc) is 3.19. The maximum absolute atomic E-state index is 12.5. The van der Waals surface area contributed by atoms with E-state index in [0.29, 0.717) is 19.5 Å². The van der Waals surface area contributed by atoms with Crippen LogP contribution in [0.15, 0.2) is 42.5 Å². The fourth-order valence-corrected chi connectivity index (χ4v) is 3.68.